The monoisotopic (exact) mass is 264 g/mol. The van der Waals surface area contributed by atoms with Crippen molar-refractivity contribution in [2.24, 2.45) is 0 Å². The van der Waals surface area contributed by atoms with E-state index in [0.29, 0.717) is 0 Å². The topological polar surface area (TPSA) is 33.7 Å². The van der Waals surface area contributed by atoms with Crippen molar-refractivity contribution in [3.8, 4) is 5.75 Å². The summed E-state index contributed by atoms with van der Waals surface area (Å²) in [5, 5.41) is 3.36. The highest BCUT2D eigenvalue weighted by molar-refractivity contribution is 5.58. The number of aryl methyl sites for hydroxylation is 2. The van der Waals surface area contributed by atoms with E-state index in [1.165, 1.54) is 11.3 Å². The quantitative estimate of drug-likeness (QED) is 0.898. The van der Waals surface area contributed by atoms with Gasteiger partial charge in [-0.2, -0.15) is 0 Å². The van der Waals surface area contributed by atoms with Gasteiger partial charge in [0.15, 0.2) is 0 Å². The van der Waals surface area contributed by atoms with Gasteiger partial charge in [-0.15, -0.1) is 0 Å². The van der Waals surface area contributed by atoms with Crippen LogP contribution in [0.3, 0.4) is 0 Å². The minimum absolute atomic E-state index is 0.264. The molecule has 1 N–H and O–H groups in total. The van der Waals surface area contributed by atoms with Gasteiger partial charge in [0.25, 0.3) is 0 Å². The van der Waals surface area contributed by atoms with E-state index in [2.05, 4.69) is 43.2 Å². The lowest BCUT2D eigenvalue weighted by atomic mass is 10.1. The van der Waals surface area contributed by atoms with Crippen molar-refractivity contribution in [2.45, 2.75) is 20.0 Å². The third kappa shape index (κ3) is 3.39. The number of hydrogen-bond donors (Lipinski definition) is 1. The van der Waals surface area contributed by atoms with Crippen molar-refractivity contribution in [3.05, 3.63) is 23.3 Å². The molecule has 1 unspecified atom stereocenters. The van der Waals surface area contributed by atoms with Crippen LogP contribution >= 0.6 is 0 Å². The van der Waals surface area contributed by atoms with Crippen LogP contribution in [-0.2, 0) is 4.74 Å². The number of nitrogens with one attached hydrogen (secondary N) is 1. The predicted octanol–water partition coefficient (Wildman–Crippen LogP) is 1.74. The van der Waals surface area contributed by atoms with Crippen LogP contribution in [0.4, 0.5) is 5.69 Å². The molecular weight excluding hydrogens is 240 g/mol. The van der Waals surface area contributed by atoms with Crippen LogP contribution in [0.15, 0.2) is 12.1 Å². The van der Waals surface area contributed by atoms with Gasteiger partial charge in [-0.05, 0) is 37.1 Å². The molecule has 1 saturated heterocycles. The molecule has 0 saturated carbocycles. The Hall–Kier alpha value is -1.26. The molecule has 1 atom stereocenters. The van der Waals surface area contributed by atoms with Crippen LogP contribution in [0.2, 0.25) is 0 Å². The van der Waals surface area contributed by atoms with Crippen LogP contribution in [0, 0.1) is 13.8 Å². The molecule has 0 amide bonds. The van der Waals surface area contributed by atoms with E-state index < -0.39 is 0 Å². The van der Waals surface area contributed by atoms with E-state index in [4.69, 9.17) is 9.47 Å². The summed E-state index contributed by atoms with van der Waals surface area (Å²) in [6, 6.07) is 4.28. The van der Waals surface area contributed by atoms with Gasteiger partial charge in [0, 0.05) is 32.4 Å². The zero-order valence-electron chi connectivity index (χ0n) is 12.3. The van der Waals surface area contributed by atoms with Gasteiger partial charge in [0.2, 0.25) is 0 Å². The van der Waals surface area contributed by atoms with Crippen LogP contribution in [0.5, 0.6) is 5.75 Å². The SMILES string of the molecule is COc1cc(C)c(N(C)CC2CNCCO2)cc1C. The molecule has 2 rings (SSSR count). The van der Waals surface area contributed by atoms with E-state index in [1.807, 2.05) is 0 Å². The maximum absolute atomic E-state index is 5.76. The van der Waals surface area contributed by atoms with Crippen molar-refractivity contribution in [3.63, 3.8) is 0 Å². The average molecular weight is 264 g/mol. The first-order chi connectivity index (χ1) is 9.11. The fourth-order valence-electron chi connectivity index (χ4n) is 2.55. The molecule has 1 fully saturated rings. The van der Waals surface area contributed by atoms with Crippen LogP contribution in [0.1, 0.15) is 11.1 Å². The number of benzene rings is 1. The maximum Gasteiger partial charge on any atom is 0.122 e. The fraction of sp³-hybridized carbons (Fsp3) is 0.600. The predicted molar refractivity (Wildman–Crippen MR) is 78.3 cm³/mol. The van der Waals surface area contributed by atoms with Gasteiger partial charge in [-0.25, -0.2) is 0 Å². The first-order valence-electron chi connectivity index (χ1n) is 6.80. The molecule has 1 heterocycles. The molecule has 0 aliphatic carbocycles. The summed E-state index contributed by atoms with van der Waals surface area (Å²) in [4.78, 5) is 2.26. The largest absolute Gasteiger partial charge is 0.496 e. The van der Waals surface area contributed by atoms with Crippen LogP contribution < -0.4 is 15.0 Å². The number of hydrogen-bond acceptors (Lipinski definition) is 4. The minimum atomic E-state index is 0.264. The molecule has 19 heavy (non-hydrogen) atoms. The summed E-state index contributed by atoms with van der Waals surface area (Å²) >= 11 is 0. The lowest BCUT2D eigenvalue weighted by molar-refractivity contribution is 0.0340. The third-order valence-electron chi connectivity index (χ3n) is 3.61. The molecule has 0 aromatic heterocycles. The van der Waals surface area contributed by atoms with Gasteiger partial charge < -0.3 is 19.7 Å². The molecular formula is C15H24N2O2. The lowest BCUT2D eigenvalue weighted by Crippen LogP contribution is -2.44. The molecule has 1 aliphatic rings. The average Bonchev–Trinajstić information content (AvgIpc) is 2.42. The second-order valence-corrected chi connectivity index (χ2v) is 5.19. The molecule has 4 heteroatoms. The lowest BCUT2D eigenvalue weighted by Gasteiger charge is -2.30. The Morgan fingerprint density at radius 2 is 2.16 bits per heavy atom. The van der Waals surface area contributed by atoms with Crippen LogP contribution in [0.25, 0.3) is 0 Å². The Labute approximate surface area is 115 Å². The number of anilines is 1. The summed E-state index contributed by atoms with van der Waals surface area (Å²) < 4.78 is 11.1. The molecule has 0 spiro atoms. The van der Waals surface area contributed by atoms with Gasteiger partial charge in [0.05, 0.1) is 19.8 Å². The molecule has 1 aliphatic heterocycles. The standard InChI is InChI=1S/C15H24N2O2/c1-11-8-15(18-4)12(2)7-14(11)17(3)10-13-9-16-5-6-19-13/h7-8,13,16H,5-6,9-10H2,1-4H3. The van der Waals surface area contributed by atoms with Gasteiger partial charge in [-0.1, -0.05) is 0 Å². The number of methoxy groups -OCH3 is 1. The molecule has 4 nitrogen and oxygen atoms in total. The Balaban J connectivity index is 2.09. The Morgan fingerprint density at radius 3 is 2.79 bits per heavy atom. The smallest absolute Gasteiger partial charge is 0.122 e. The Morgan fingerprint density at radius 1 is 1.37 bits per heavy atom. The number of ether oxygens (including phenoxy) is 2. The zero-order chi connectivity index (χ0) is 13.8. The van der Waals surface area contributed by atoms with Crippen molar-refractivity contribution < 1.29 is 9.47 Å². The van der Waals surface area contributed by atoms with E-state index in [9.17, 15) is 0 Å². The van der Waals surface area contributed by atoms with Crippen molar-refractivity contribution in [1.82, 2.24) is 5.32 Å². The van der Waals surface area contributed by atoms with E-state index >= 15 is 0 Å². The highest BCUT2D eigenvalue weighted by atomic mass is 16.5. The fourth-order valence-corrected chi connectivity index (χ4v) is 2.55. The summed E-state index contributed by atoms with van der Waals surface area (Å²) in [5.41, 5.74) is 3.64. The van der Waals surface area contributed by atoms with Crippen molar-refractivity contribution >= 4 is 5.69 Å². The van der Waals surface area contributed by atoms with Crippen molar-refractivity contribution in [1.29, 1.82) is 0 Å². The van der Waals surface area contributed by atoms with E-state index in [0.717, 1.165) is 37.6 Å². The summed E-state index contributed by atoms with van der Waals surface area (Å²) in [6.45, 7) is 7.79. The number of rotatable bonds is 4. The molecule has 0 radical (unpaired) electrons. The molecule has 106 valence electrons. The number of nitrogens with zero attached hydrogens (tertiary/aromatic N) is 1. The first kappa shape index (κ1) is 14.2. The van der Waals surface area contributed by atoms with E-state index in [1.54, 1.807) is 7.11 Å². The molecule has 0 bridgehead atoms. The number of morpholine rings is 1. The highest BCUT2D eigenvalue weighted by Crippen LogP contribution is 2.28. The Kier molecular flexibility index (Phi) is 4.66. The first-order valence-corrected chi connectivity index (χ1v) is 6.80. The van der Waals surface area contributed by atoms with Gasteiger partial charge >= 0.3 is 0 Å². The number of likely N-dealkylation sites (N-methyl/N-ethyl adjacent to an activating group) is 1. The third-order valence-corrected chi connectivity index (χ3v) is 3.61. The van der Waals surface area contributed by atoms with E-state index in [-0.39, 0.29) is 6.10 Å². The summed E-state index contributed by atoms with van der Waals surface area (Å²) in [5.74, 6) is 0.949. The normalized spacial score (nSPS) is 19.3. The summed E-state index contributed by atoms with van der Waals surface area (Å²) in [7, 11) is 3.83. The van der Waals surface area contributed by atoms with Gasteiger partial charge in [-0.3, -0.25) is 0 Å². The minimum Gasteiger partial charge on any atom is -0.496 e. The van der Waals surface area contributed by atoms with Crippen LogP contribution in [-0.4, -0.2) is 46.5 Å². The highest BCUT2D eigenvalue weighted by Gasteiger charge is 2.17. The van der Waals surface area contributed by atoms with Gasteiger partial charge in [0.1, 0.15) is 5.75 Å². The second kappa shape index (κ2) is 6.26. The molecule has 1 aromatic carbocycles. The molecule has 1 aromatic rings. The van der Waals surface area contributed by atoms with Crippen molar-refractivity contribution in [2.75, 3.05) is 45.3 Å². The maximum atomic E-state index is 5.76. The zero-order valence-corrected chi connectivity index (χ0v) is 12.3. The Bertz CT molecular complexity index is 428. The summed E-state index contributed by atoms with van der Waals surface area (Å²) in [6.07, 6.45) is 0.264. The second-order valence-electron chi connectivity index (χ2n) is 5.19.